The summed E-state index contributed by atoms with van der Waals surface area (Å²) >= 11 is 0. The van der Waals surface area contributed by atoms with Crippen molar-refractivity contribution in [1.29, 1.82) is 0 Å². The minimum absolute atomic E-state index is 0.371. The van der Waals surface area contributed by atoms with Crippen molar-refractivity contribution in [3.05, 3.63) is 30.1 Å². The second-order valence-corrected chi connectivity index (χ2v) is 4.57. The Morgan fingerprint density at radius 3 is 2.53 bits per heavy atom. The molecule has 1 aliphatic rings. The van der Waals surface area contributed by atoms with E-state index in [0.717, 1.165) is 26.2 Å². The van der Waals surface area contributed by atoms with Crippen LogP contribution in [0.15, 0.2) is 24.5 Å². The topological polar surface area (TPSA) is 40.2 Å². The largest absolute Gasteiger partial charge is 0.314 e. The lowest BCUT2D eigenvalue weighted by Gasteiger charge is -2.37. The molecule has 1 aromatic rings. The molecule has 0 bridgehead atoms. The summed E-state index contributed by atoms with van der Waals surface area (Å²) in [4.78, 5) is 6.62. The second-order valence-electron chi connectivity index (χ2n) is 4.57. The lowest BCUT2D eigenvalue weighted by atomic mass is 10.00. The normalized spacial score (nSPS) is 21.1. The van der Waals surface area contributed by atoms with Crippen LogP contribution in [-0.4, -0.2) is 49.2 Å². The van der Waals surface area contributed by atoms with Crippen LogP contribution in [-0.2, 0) is 0 Å². The molecule has 1 saturated heterocycles. The molecule has 4 heteroatoms. The van der Waals surface area contributed by atoms with Gasteiger partial charge in [-0.25, -0.2) is 0 Å². The predicted octanol–water partition coefficient (Wildman–Crippen LogP) is 0.636. The second kappa shape index (κ2) is 6.10. The SMILES string of the molecule is CNC(c1ccncc1)C(C)N1CCNCC1. The molecule has 4 nitrogen and oxygen atoms in total. The van der Waals surface area contributed by atoms with E-state index in [9.17, 15) is 0 Å². The molecule has 2 heterocycles. The van der Waals surface area contributed by atoms with Gasteiger partial charge in [0.25, 0.3) is 0 Å². The first-order valence-electron chi connectivity index (χ1n) is 6.35. The number of rotatable bonds is 4. The summed E-state index contributed by atoms with van der Waals surface area (Å²) in [6.07, 6.45) is 3.73. The number of hydrogen-bond donors (Lipinski definition) is 2. The molecule has 1 aliphatic heterocycles. The Morgan fingerprint density at radius 2 is 1.94 bits per heavy atom. The molecule has 2 unspecified atom stereocenters. The van der Waals surface area contributed by atoms with Crippen LogP contribution < -0.4 is 10.6 Å². The molecule has 2 N–H and O–H groups in total. The molecule has 0 radical (unpaired) electrons. The number of pyridine rings is 1. The summed E-state index contributed by atoms with van der Waals surface area (Å²) in [5.74, 6) is 0. The lowest BCUT2D eigenvalue weighted by Crippen LogP contribution is -2.51. The summed E-state index contributed by atoms with van der Waals surface area (Å²) in [5, 5.41) is 6.82. The van der Waals surface area contributed by atoms with Crippen LogP contribution in [0.25, 0.3) is 0 Å². The zero-order valence-electron chi connectivity index (χ0n) is 10.7. The van der Waals surface area contributed by atoms with Crippen molar-refractivity contribution in [2.45, 2.75) is 19.0 Å². The number of piperazine rings is 1. The number of hydrogen-bond acceptors (Lipinski definition) is 4. The molecule has 2 atom stereocenters. The van der Waals surface area contributed by atoms with Crippen molar-refractivity contribution >= 4 is 0 Å². The maximum atomic E-state index is 4.08. The average molecular weight is 234 g/mol. The number of nitrogens with zero attached hydrogens (tertiary/aromatic N) is 2. The molecule has 1 fully saturated rings. The third-order valence-corrected chi connectivity index (χ3v) is 3.59. The van der Waals surface area contributed by atoms with Crippen LogP contribution in [0.1, 0.15) is 18.5 Å². The third kappa shape index (κ3) is 3.03. The summed E-state index contributed by atoms with van der Waals surface area (Å²) < 4.78 is 0. The molecule has 0 amide bonds. The zero-order chi connectivity index (χ0) is 12.1. The van der Waals surface area contributed by atoms with Crippen LogP contribution >= 0.6 is 0 Å². The van der Waals surface area contributed by atoms with E-state index in [2.05, 4.69) is 39.6 Å². The first-order valence-corrected chi connectivity index (χ1v) is 6.35. The number of likely N-dealkylation sites (N-methyl/N-ethyl adjacent to an activating group) is 1. The van der Waals surface area contributed by atoms with Crippen molar-refractivity contribution in [3.8, 4) is 0 Å². The van der Waals surface area contributed by atoms with E-state index in [-0.39, 0.29) is 0 Å². The van der Waals surface area contributed by atoms with Gasteiger partial charge in [0.15, 0.2) is 0 Å². The van der Waals surface area contributed by atoms with Gasteiger partial charge in [0.05, 0.1) is 0 Å². The van der Waals surface area contributed by atoms with Gasteiger partial charge in [0.2, 0.25) is 0 Å². The maximum absolute atomic E-state index is 4.08. The lowest BCUT2D eigenvalue weighted by molar-refractivity contribution is 0.153. The predicted molar refractivity (Wildman–Crippen MR) is 69.9 cm³/mol. The summed E-state index contributed by atoms with van der Waals surface area (Å²) in [5.41, 5.74) is 1.31. The molecule has 94 valence electrons. The molecule has 17 heavy (non-hydrogen) atoms. The van der Waals surface area contributed by atoms with Gasteiger partial charge in [-0.2, -0.15) is 0 Å². The number of nitrogens with one attached hydrogen (secondary N) is 2. The highest BCUT2D eigenvalue weighted by Gasteiger charge is 2.24. The molecule has 0 aromatic carbocycles. The highest BCUT2D eigenvalue weighted by molar-refractivity contribution is 5.17. The van der Waals surface area contributed by atoms with Gasteiger partial charge >= 0.3 is 0 Å². The molecule has 0 aliphatic carbocycles. The van der Waals surface area contributed by atoms with Crippen LogP contribution in [0.3, 0.4) is 0 Å². The molecular weight excluding hydrogens is 212 g/mol. The summed E-state index contributed by atoms with van der Waals surface area (Å²) in [7, 11) is 2.03. The maximum Gasteiger partial charge on any atom is 0.0474 e. The van der Waals surface area contributed by atoms with Gasteiger partial charge in [0, 0.05) is 50.7 Å². The molecule has 1 aromatic heterocycles. The molecule has 0 saturated carbocycles. The Bertz CT molecular complexity index is 321. The van der Waals surface area contributed by atoms with E-state index in [0.29, 0.717) is 12.1 Å². The Kier molecular flexibility index (Phi) is 4.48. The Hall–Kier alpha value is -0.970. The highest BCUT2D eigenvalue weighted by atomic mass is 15.2. The molecule has 0 spiro atoms. The van der Waals surface area contributed by atoms with Gasteiger partial charge in [0.1, 0.15) is 0 Å². The van der Waals surface area contributed by atoms with Crippen LogP contribution in [0, 0.1) is 0 Å². The minimum atomic E-state index is 0.371. The number of aromatic nitrogens is 1. The van der Waals surface area contributed by atoms with Gasteiger partial charge in [-0.1, -0.05) is 0 Å². The van der Waals surface area contributed by atoms with Gasteiger partial charge in [-0.05, 0) is 31.7 Å². The van der Waals surface area contributed by atoms with Crippen molar-refractivity contribution in [2.24, 2.45) is 0 Å². The van der Waals surface area contributed by atoms with E-state index in [4.69, 9.17) is 0 Å². The van der Waals surface area contributed by atoms with Gasteiger partial charge < -0.3 is 10.6 Å². The fourth-order valence-corrected chi connectivity index (χ4v) is 2.56. The van der Waals surface area contributed by atoms with Crippen LogP contribution in [0.5, 0.6) is 0 Å². The highest BCUT2D eigenvalue weighted by Crippen LogP contribution is 2.20. The third-order valence-electron chi connectivity index (χ3n) is 3.59. The van der Waals surface area contributed by atoms with Crippen molar-refractivity contribution in [3.63, 3.8) is 0 Å². The standard InChI is InChI=1S/C13H22N4/c1-11(17-9-7-16-8-10-17)13(14-2)12-3-5-15-6-4-12/h3-6,11,13-14,16H,7-10H2,1-2H3. The smallest absolute Gasteiger partial charge is 0.0474 e. The fourth-order valence-electron chi connectivity index (χ4n) is 2.56. The Morgan fingerprint density at radius 1 is 1.29 bits per heavy atom. The van der Waals surface area contributed by atoms with Gasteiger partial charge in [-0.15, -0.1) is 0 Å². The summed E-state index contributed by atoms with van der Waals surface area (Å²) in [6, 6.07) is 5.07. The van der Waals surface area contributed by atoms with E-state index >= 15 is 0 Å². The van der Waals surface area contributed by atoms with Crippen molar-refractivity contribution in [2.75, 3.05) is 33.2 Å². The van der Waals surface area contributed by atoms with E-state index in [1.54, 1.807) is 0 Å². The van der Waals surface area contributed by atoms with Crippen molar-refractivity contribution < 1.29 is 0 Å². The Balaban J connectivity index is 2.07. The first kappa shape index (κ1) is 12.5. The quantitative estimate of drug-likeness (QED) is 0.802. The van der Waals surface area contributed by atoms with Gasteiger partial charge in [-0.3, -0.25) is 9.88 Å². The minimum Gasteiger partial charge on any atom is -0.314 e. The van der Waals surface area contributed by atoms with Crippen LogP contribution in [0.4, 0.5) is 0 Å². The van der Waals surface area contributed by atoms with E-state index in [1.165, 1.54) is 5.56 Å². The van der Waals surface area contributed by atoms with Crippen LogP contribution in [0.2, 0.25) is 0 Å². The zero-order valence-corrected chi connectivity index (χ0v) is 10.7. The first-order chi connectivity index (χ1) is 8.33. The average Bonchev–Trinajstić information content (AvgIpc) is 2.42. The summed E-state index contributed by atoms with van der Waals surface area (Å²) in [6.45, 7) is 6.75. The molecular formula is C13H22N4. The van der Waals surface area contributed by atoms with E-state index < -0.39 is 0 Å². The monoisotopic (exact) mass is 234 g/mol. The Labute approximate surface area is 103 Å². The van der Waals surface area contributed by atoms with E-state index in [1.807, 2.05) is 19.4 Å². The van der Waals surface area contributed by atoms with Crippen molar-refractivity contribution in [1.82, 2.24) is 20.5 Å². The fraction of sp³-hybridized carbons (Fsp3) is 0.615. The molecule has 2 rings (SSSR count).